The van der Waals surface area contributed by atoms with Crippen molar-refractivity contribution in [2.75, 3.05) is 6.54 Å². The van der Waals surface area contributed by atoms with Crippen LogP contribution in [-0.4, -0.2) is 12.6 Å². The molecule has 0 heterocycles. The van der Waals surface area contributed by atoms with Crippen LogP contribution in [0.2, 0.25) is 0 Å². The lowest BCUT2D eigenvalue weighted by molar-refractivity contribution is 0.363. The lowest BCUT2D eigenvalue weighted by Crippen LogP contribution is -2.28. The molecule has 1 heteroatoms. The second-order valence-corrected chi connectivity index (χ2v) is 5.62. The summed E-state index contributed by atoms with van der Waals surface area (Å²) in [7, 11) is 0. The summed E-state index contributed by atoms with van der Waals surface area (Å²) in [6.07, 6.45) is 9.68. The van der Waals surface area contributed by atoms with Crippen molar-refractivity contribution in [1.82, 2.24) is 5.32 Å². The SMILES string of the molecule is CCCCCCNC1CCC(C)(C)C1. The van der Waals surface area contributed by atoms with E-state index in [0.717, 1.165) is 6.04 Å². The Labute approximate surface area is 89.7 Å². The Morgan fingerprint density at radius 1 is 1.21 bits per heavy atom. The monoisotopic (exact) mass is 197 g/mol. The summed E-state index contributed by atoms with van der Waals surface area (Å²) in [6, 6.07) is 0.812. The third-order valence-corrected chi connectivity index (χ3v) is 3.43. The molecule has 1 fully saturated rings. The Bertz CT molecular complexity index is 151. The van der Waals surface area contributed by atoms with Crippen LogP contribution in [0.15, 0.2) is 0 Å². The van der Waals surface area contributed by atoms with Crippen LogP contribution in [0.3, 0.4) is 0 Å². The second kappa shape index (κ2) is 5.75. The van der Waals surface area contributed by atoms with E-state index in [1.165, 1.54) is 51.5 Å². The van der Waals surface area contributed by atoms with Crippen LogP contribution in [0.4, 0.5) is 0 Å². The van der Waals surface area contributed by atoms with Crippen molar-refractivity contribution < 1.29 is 0 Å². The van der Waals surface area contributed by atoms with Gasteiger partial charge >= 0.3 is 0 Å². The quantitative estimate of drug-likeness (QED) is 0.640. The summed E-state index contributed by atoms with van der Waals surface area (Å²) < 4.78 is 0. The van der Waals surface area contributed by atoms with Crippen LogP contribution in [0.1, 0.15) is 65.7 Å². The molecule has 0 aromatic heterocycles. The molecular weight excluding hydrogens is 170 g/mol. The lowest BCUT2D eigenvalue weighted by Gasteiger charge is -2.17. The maximum atomic E-state index is 3.70. The minimum Gasteiger partial charge on any atom is -0.314 e. The molecule has 0 bridgehead atoms. The van der Waals surface area contributed by atoms with Gasteiger partial charge in [-0.2, -0.15) is 0 Å². The molecule has 1 N–H and O–H groups in total. The molecule has 1 saturated carbocycles. The molecule has 14 heavy (non-hydrogen) atoms. The topological polar surface area (TPSA) is 12.0 Å². The molecule has 0 saturated heterocycles. The van der Waals surface area contributed by atoms with E-state index in [1.54, 1.807) is 0 Å². The van der Waals surface area contributed by atoms with Crippen molar-refractivity contribution in [1.29, 1.82) is 0 Å². The first-order valence-electron chi connectivity index (χ1n) is 6.37. The third-order valence-electron chi connectivity index (χ3n) is 3.43. The molecule has 0 aromatic rings. The van der Waals surface area contributed by atoms with Crippen LogP contribution >= 0.6 is 0 Å². The molecule has 0 radical (unpaired) electrons. The van der Waals surface area contributed by atoms with Gasteiger partial charge in [0.1, 0.15) is 0 Å². The fraction of sp³-hybridized carbons (Fsp3) is 1.00. The number of unbranched alkanes of at least 4 members (excludes halogenated alkanes) is 3. The van der Waals surface area contributed by atoms with Crippen molar-refractivity contribution in [2.24, 2.45) is 5.41 Å². The maximum absolute atomic E-state index is 3.70. The molecule has 1 aliphatic carbocycles. The first kappa shape index (κ1) is 12.0. The molecule has 1 nitrogen and oxygen atoms in total. The standard InChI is InChI=1S/C13H27N/c1-4-5-6-7-10-14-12-8-9-13(2,3)11-12/h12,14H,4-11H2,1-3H3. The highest BCUT2D eigenvalue weighted by Gasteiger charge is 2.30. The van der Waals surface area contributed by atoms with E-state index < -0.39 is 0 Å². The van der Waals surface area contributed by atoms with Gasteiger partial charge in [0, 0.05) is 6.04 Å². The van der Waals surface area contributed by atoms with Crippen molar-refractivity contribution in [3.8, 4) is 0 Å². The molecule has 0 aliphatic heterocycles. The van der Waals surface area contributed by atoms with Gasteiger partial charge in [0.2, 0.25) is 0 Å². The normalized spacial score (nSPS) is 25.5. The highest BCUT2D eigenvalue weighted by atomic mass is 14.9. The van der Waals surface area contributed by atoms with E-state index in [2.05, 4.69) is 26.1 Å². The lowest BCUT2D eigenvalue weighted by atomic mass is 9.92. The van der Waals surface area contributed by atoms with Crippen molar-refractivity contribution >= 4 is 0 Å². The summed E-state index contributed by atoms with van der Waals surface area (Å²) in [5.41, 5.74) is 0.598. The van der Waals surface area contributed by atoms with Gasteiger partial charge < -0.3 is 5.32 Å². The summed E-state index contributed by atoms with van der Waals surface area (Å²) in [6.45, 7) is 8.30. The van der Waals surface area contributed by atoms with Crippen LogP contribution in [0.25, 0.3) is 0 Å². The van der Waals surface area contributed by atoms with Gasteiger partial charge in [-0.05, 0) is 37.6 Å². The fourth-order valence-corrected chi connectivity index (χ4v) is 2.47. The zero-order chi connectivity index (χ0) is 10.4. The second-order valence-electron chi connectivity index (χ2n) is 5.62. The molecule has 1 unspecified atom stereocenters. The smallest absolute Gasteiger partial charge is 0.00723 e. The Hall–Kier alpha value is -0.0400. The number of nitrogens with one attached hydrogen (secondary N) is 1. The van der Waals surface area contributed by atoms with Gasteiger partial charge in [-0.1, -0.05) is 40.0 Å². The van der Waals surface area contributed by atoms with E-state index in [1.807, 2.05) is 0 Å². The largest absolute Gasteiger partial charge is 0.314 e. The molecule has 0 spiro atoms. The van der Waals surface area contributed by atoms with Crippen LogP contribution in [0.5, 0.6) is 0 Å². The first-order chi connectivity index (χ1) is 6.64. The number of hydrogen-bond donors (Lipinski definition) is 1. The maximum Gasteiger partial charge on any atom is 0.00723 e. The highest BCUT2D eigenvalue weighted by Crippen LogP contribution is 2.36. The Morgan fingerprint density at radius 3 is 2.57 bits per heavy atom. The van der Waals surface area contributed by atoms with Crippen molar-refractivity contribution in [3.63, 3.8) is 0 Å². The van der Waals surface area contributed by atoms with Gasteiger partial charge in [-0.3, -0.25) is 0 Å². The fourth-order valence-electron chi connectivity index (χ4n) is 2.47. The van der Waals surface area contributed by atoms with Crippen LogP contribution in [0, 0.1) is 5.41 Å². The predicted molar refractivity (Wildman–Crippen MR) is 63.6 cm³/mol. The zero-order valence-corrected chi connectivity index (χ0v) is 10.2. The minimum atomic E-state index is 0.598. The van der Waals surface area contributed by atoms with Gasteiger partial charge in [0.05, 0.1) is 0 Å². The van der Waals surface area contributed by atoms with Crippen molar-refractivity contribution in [3.05, 3.63) is 0 Å². The Kier molecular flexibility index (Phi) is 4.94. The first-order valence-corrected chi connectivity index (χ1v) is 6.37. The Morgan fingerprint density at radius 2 is 2.00 bits per heavy atom. The number of rotatable bonds is 6. The van der Waals surface area contributed by atoms with Crippen LogP contribution < -0.4 is 5.32 Å². The average molecular weight is 197 g/mol. The Balaban J connectivity index is 1.98. The van der Waals surface area contributed by atoms with E-state index in [0.29, 0.717) is 5.41 Å². The van der Waals surface area contributed by atoms with E-state index in [4.69, 9.17) is 0 Å². The van der Waals surface area contributed by atoms with Gasteiger partial charge in [-0.15, -0.1) is 0 Å². The molecule has 0 amide bonds. The van der Waals surface area contributed by atoms with Gasteiger partial charge in [-0.25, -0.2) is 0 Å². The average Bonchev–Trinajstić information content (AvgIpc) is 2.45. The summed E-state index contributed by atoms with van der Waals surface area (Å²) >= 11 is 0. The predicted octanol–water partition coefficient (Wildman–Crippen LogP) is 3.74. The molecule has 1 atom stereocenters. The van der Waals surface area contributed by atoms with E-state index in [9.17, 15) is 0 Å². The minimum absolute atomic E-state index is 0.598. The van der Waals surface area contributed by atoms with E-state index >= 15 is 0 Å². The third kappa shape index (κ3) is 4.45. The molecular formula is C13H27N. The molecule has 0 aromatic carbocycles. The highest BCUT2D eigenvalue weighted by molar-refractivity contribution is 4.86. The van der Waals surface area contributed by atoms with Gasteiger partial charge in [0.15, 0.2) is 0 Å². The molecule has 1 rings (SSSR count). The van der Waals surface area contributed by atoms with E-state index in [-0.39, 0.29) is 0 Å². The van der Waals surface area contributed by atoms with Crippen LogP contribution in [-0.2, 0) is 0 Å². The molecule has 1 aliphatic rings. The number of hydrogen-bond acceptors (Lipinski definition) is 1. The summed E-state index contributed by atoms with van der Waals surface area (Å²) in [5, 5.41) is 3.70. The summed E-state index contributed by atoms with van der Waals surface area (Å²) in [4.78, 5) is 0. The van der Waals surface area contributed by atoms with Gasteiger partial charge in [0.25, 0.3) is 0 Å². The molecule has 84 valence electrons. The van der Waals surface area contributed by atoms with Crippen molar-refractivity contribution in [2.45, 2.75) is 71.8 Å². The zero-order valence-electron chi connectivity index (χ0n) is 10.2. The summed E-state index contributed by atoms with van der Waals surface area (Å²) in [5.74, 6) is 0.